The number of anilines is 2. The lowest BCUT2D eigenvalue weighted by Crippen LogP contribution is -2.37. The van der Waals surface area contributed by atoms with Crippen LogP contribution in [0.25, 0.3) is 15.6 Å². The number of aromatic nitrogens is 2. The van der Waals surface area contributed by atoms with E-state index in [9.17, 15) is 5.11 Å². The Morgan fingerprint density at radius 1 is 1.19 bits per heavy atom. The summed E-state index contributed by atoms with van der Waals surface area (Å²) in [4.78, 5) is 5.82. The van der Waals surface area contributed by atoms with Crippen LogP contribution in [-0.2, 0) is 6.54 Å². The van der Waals surface area contributed by atoms with E-state index >= 15 is 0 Å². The Hall–Kier alpha value is -2.59. The van der Waals surface area contributed by atoms with Gasteiger partial charge in [0, 0.05) is 35.4 Å². The Labute approximate surface area is 199 Å². The van der Waals surface area contributed by atoms with Crippen molar-refractivity contribution < 1.29 is 5.11 Å². The number of rotatable bonds is 5. The molecule has 1 aliphatic heterocycles. The second-order valence-corrected chi connectivity index (χ2v) is 8.62. The molecule has 3 aromatic rings. The van der Waals surface area contributed by atoms with E-state index in [-0.39, 0.29) is 18.5 Å². The van der Waals surface area contributed by atoms with Crippen molar-refractivity contribution in [3.63, 3.8) is 0 Å². The molecule has 0 radical (unpaired) electrons. The Morgan fingerprint density at radius 3 is 2.59 bits per heavy atom. The number of nitrogens with one attached hydrogen (secondary N) is 1. The highest BCUT2D eigenvalue weighted by atomic mass is 35.5. The van der Waals surface area contributed by atoms with Crippen molar-refractivity contribution in [3.05, 3.63) is 64.0 Å². The van der Waals surface area contributed by atoms with Gasteiger partial charge in [-0.1, -0.05) is 35.9 Å². The maximum atomic E-state index is 9.89. The minimum atomic E-state index is -0.284. The number of aliphatic hydroxyl groups is 1. The second kappa shape index (κ2) is 10.4. The van der Waals surface area contributed by atoms with Crippen molar-refractivity contribution in [2.75, 3.05) is 23.3 Å². The van der Waals surface area contributed by atoms with Gasteiger partial charge in [-0.25, -0.2) is 4.85 Å². The Balaban J connectivity index is 0.00000289. The summed E-state index contributed by atoms with van der Waals surface area (Å²) in [6, 6.07) is 11.6. The molecular weight excluding hydrogens is 445 g/mol. The van der Waals surface area contributed by atoms with Crippen LogP contribution in [0.3, 0.4) is 0 Å². The second-order valence-electron chi connectivity index (χ2n) is 8.22. The Morgan fingerprint density at radius 2 is 1.94 bits per heavy atom. The third-order valence-electron chi connectivity index (χ3n) is 6.09. The van der Waals surface area contributed by atoms with Crippen LogP contribution >= 0.6 is 24.0 Å². The highest BCUT2D eigenvalue weighted by Gasteiger charge is 2.25. The van der Waals surface area contributed by atoms with E-state index in [4.69, 9.17) is 18.2 Å². The Kier molecular flexibility index (Phi) is 7.78. The molecule has 0 saturated carbocycles. The van der Waals surface area contributed by atoms with Crippen LogP contribution in [0.4, 0.5) is 17.3 Å². The van der Waals surface area contributed by atoms with Gasteiger partial charge in [-0.05, 0) is 55.9 Å². The molecule has 0 amide bonds. The van der Waals surface area contributed by atoms with Gasteiger partial charge < -0.3 is 15.3 Å². The lowest BCUT2D eigenvalue weighted by atomic mass is 9.92. The van der Waals surface area contributed by atoms with Gasteiger partial charge >= 0.3 is 0 Å². The first-order valence-electron chi connectivity index (χ1n) is 10.6. The van der Waals surface area contributed by atoms with E-state index in [1.165, 1.54) is 0 Å². The molecule has 1 atom stereocenters. The molecular formula is C24H27Cl2N5O. The summed E-state index contributed by atoms with van der Waals surface area (Å²) < 4.78 is 0. The van der Waals surface area contributed by atoms with Gasteiger partial charge in [-0.15, -0.1) is 22.6 Å². The van der Waals surface area contributed by atoms with E-state index in [2.05, 4.69) is 25.3 Å². The van der Waals surface area contributed by atoms with Crippen LogP contribution in [0.5, 0.6) is 0 Å². The molecule has 6 nitrogen and oxygen atoms in total. The molecule has 168 valence electrons. The van der Waals surface area contributed by atoms with Gasteiger partial charge in [0.1, 0.15) is 0 Å². The third kappa shape index (κ3) is 5.07. The minimum Gasteiger partial charge on any atom is -0.393 e. The normalized spacial score (nSPS) is 15.2. The summed E-state index contributed by atoms with van der Waals surface area (Å²) in [5, 5.41) is 24.9. The number of halogens is 2. The zero-order valence-electron chi connectivity index (χ0n) is 18.2. The van der Waals surface area contributed by atoms with Crippen LogP contribution in [0.2, 0.25) is 5.02 Å². The number of nitrogens with zero attached hydrogens (tertiary/aromatic N) is 4. The van der Waals surface area contributed by atoms with Gasteiger partial charge in [0.15, 0.2) is 17.3 Å². The van der Waals surface area contributed by atoms with E-state index < -0.39 is 0 Å². The maximum absolute atomic E-state index is 9.89. The van der Waals surface area contributed by atoms with Crippen LogP contribution in [-0.4, -0.2) is 34.5 Å². The lowest BCUT2D eigenvalue weighted by molar-refractivity contribution is 0.110. The van der Waals surface area contributed by atoms with Crippen LogP contribution in [0.15, 0.2) is 36.4 Å². The number of benzene rings is 2. The molecule has 1 aliphatic rings. The quantitative estimate of drug-likeness (QED) is 0.462. The van der Waals surface area contributed by atoms with Crippen LogP contribution < -0.4 is 10.2 Å². The van der Waals surface area contributed by atoms with Gasteiger partial charge in [-0.3, -0.25) is 0 Å². The van der Waals surface area contributed by atoms with E-state index in [1.54, 1.807) is 0 Å². The number of hydrogen-bond donors (Lipinski definition) is 2. The molecule has 1 saturated heterocycles. The number of piperidine rings is 1. The predicted octanol–water partition coefficient (Wildman–Crippen LogP) is 5.77. The molecule has 0 bridgehead atoms. The van der Waals surface area contributed by atoms with Gasteiger partial charge in [-0.2, -0.15) is 0 Å². The fourth-order valence-corrected chi connectivity index (χ4v) is 4.29. The molecule has 32 heavy (non-hydrogen) atoms. The molecule has 2 heterocycles. The SMILES string of the molecule is Cl.[C-]#[N+]c1ccc2c(N3CCC(C(C)O)CC3)nnc(NCc3ccc(C)c(Cl)c3)c2c1. The molecule has 1 unspecified atom stereocenters. The van der Waals surface area contributed by atoms with Crippen molar-refractivity contribution in [2.24, 2.45) is 5.92 Å². The number of fused-ring (bicyclic) bond motifs is 1. The zero-order chi connectivity index (χ0) is 22.0. The van der Waals surface area contributed by atoms with E-state index in [1.807, 2.05) is 50.2 Å². The summed E-state index contributed by atoms with van der Waals surface area (Å²) in [5.74, 6) is 1.81. The summed E-state index contributed by atoms with van der Waals surface area (Å²) >= 11 is 6.26. The predicted molar refractivity (Wildman–Crippen MR) is 133 cm³/mol. The first-order valence-corrected chi connectivity index (χ1v) is 10.9. The number of hydrogen-bond acceptors (Lipinski definition) is 5. The largest absolute Gasteiger partial charge is 0.393 e. The van der Waals surface area contributed by atoms with Crippen molar-refractivity contribution in [1.29, 1.82) is 0 Å². The van der Waals surface area contributed by atoms with Crippen molar-refractivity contribution in [3.8, 4) is 0 Å². The number of aryl methyl sites for hydroxylation is 1. The van der Waals surface area contributed by atoms with Crippen molar-refractivity contribution in [1.82, 2.24) is 10.2 Å². The van der Waals surface area contributed by atoms with Crippen molar-refractivity contribution in [2.45, 2.75) is 39.3 Å². The first-order chi connectivity index (χ1) is 15.0. The lowest BCUT2D eigenvalue weighted by Gasteiger charge is -2.34. The van der Waals surface area contributed by atoms with Gasteiger partial charge in [0.05, 0.1) is 12.7 Å². The molecule has 8 heteroatoms. The molecule has 0 aliphatic carbocycles. The summed E-state index contributed by atoms with van der Waals surface area (Å²) in [6.07, 6.45) is 1.57. The summed E-state index contributed by atoms with van der Waals surface area (Å²) in [5.41, 5.74) is 2.66. The topological polar surface area (TPSA) is 65.6 Å². The first kappa shape index (κ1) is 24.1. The molecule has 2 aromatic carbocycles. The van der Waals surface area contributed by atoms with E-state index in [0.717, 1.165) is 58.7 Å². The molecule has 0 spiro atoms. The van der Waals surface area contributed by atoms with Crippen LogP contribution in [0.1, 0.15) is 30.9 Å². The third-order valence-corrected chi connectivity index (χ3v) is 6.50. The average Bonchev–Trinajstić information content (AvgIpc) is 2.79. The summed E-state index contributed by atoms with van der Waals surface area (Å²) in [6.45, 7) is 13.5. The fourth-order valence-electron chi connectivity index (χ4n) is 4.09. The fraction of sp³-hybridized carbons (Fsp3) is 0.375. The number of aliphatic hydroxyl groups excluding tert-OH is 1. The molecule has 1 aromatic heterocycles. The highest BCUT2D eigenvalue weighted by Crippen LogP contribution is 2.34. The standard InChI is InChI=1S/C24H26ClN5O.ClH/c1-15-4-5-17(12-22(15)25)14-27-23-21-13-19(26-3)6-7-20(21)24(29-28-23)30-10-8-18(9-11-30)16(2)31;/h4-7,12-13,16,18,31H,8-11,14H2,1-2H3,(H,27,28);1H. The monoisotopic (exact) mass is 471 g/mol. The molecule has 2 N–H and O–H groups in total. The van der Waals surface area contributed by atoms with E-state index in [0.29, 0.717) is 24.0 Å². The molecule has 1 fully saturated rings. The van der Waals surface area contributed by atoms with Crippen LogP contribution in [0, 0.1) is 19.4 Å². The van der Waals surface area contributed by atoms with Crippen molar-refractivity contribution >= 4 is 52.1 Å². The minimum absolute atomic E-state index is 0. The highest BCUT2D eigenvalue weighted by molar-refractivity contribution is 6.31. The average molecular weight is 472 g/mol. The molecule has 4 rings (SSSR count). The summed E-state index contributed by atoms with van der Waals surface area (Å²) in [7, 11) is 0. The zero-order valence-corrected chi connectivity index (χ0v) is 19.7. The van der Waals surface area contributed by atoms with Gasteiger partial charge in [0.25, 0.3) is 0 Å². The smallest absolute Gasteiger partial charge is 0.188 e. The Bertz CT molecular complexity index is 1140. The maximum Gasteiger partial charge on any atom is 0.188 e. The van der Waals surface area contributed by atoms with Gasteiger partial charge in [0.2, 0.25) is 0 Å².